The van der Waals surface area contributed by atoms with Crippen molar-refractivity contribution in [3.63, 3.8) is 0 Å². The number of hydrogen-bond acceptors (Lipinski definition) is 8. The summed E-state index contributed by atoms with van der Waals surface area (Å²) in [5.74, 6) is -5.60. The molecule has 0 bridgehead atoms. The molecule has 3 aliphatic heterocycles. The van der Waals surface area contributed by atoms with E-state index in [1.165, 1.54) is 14.2 Å². The van der Waals surface area contributed by atoms with E-state index in [1.54, 1.807) is 20.0 Å². The third kappa shape index (κ3) is 7.80. The molecule has 1 saturated heterocycles. The Morgan fingerprint density at radius 3 is 2.20 bits per heavy atom. The number of nitrogens with one attached hydrogen (secondary N) is 2. The molecule has 3 aromatic carbocycles. The van der Waals surface area contributed by atoms with E-state index in [0.29, 0.717) is 36.3 Å². The molecule has 2 aromatic heterocycles. The molecule has 0 spiro atoms. The van der Waals surface area contributed by atoms with Crippen molar-refractivity contribution in [1.82, 2.24) is 24.8 Å². The van der Waals surface area contributed by atoms with Gasteiger partial charge in [0.2, 0.25) is 11.8 Å². The molecule has 15 heteroatoms. The maximum Gasteiger partial charge on any atom is 0.306 e. The van der Waals surface area contributed by atoms with Gasteiger partial charge in [-0.15, -0.1) is 0 Å². The molecule has 0 saturated carbocycles. The summed E-state index contributed by atoms with van der Waals surface area (Å²) >= 11 is 6.61. The van der Waals surface area contributed by atoms with E-state index >= 15 is 0 Å². The number of anilines is 1. The molecule has 4 atom stereocenters. The van der Waals surface area contributed by atoms with Gasteiger partial charge in [-0.2, -0.15) is 0 Å². The molecular formula is C45H45ClF2N6O6. The Morgan fingerprint density at radius 1 is 0.883 bits per heavy atom. The Balaban J connectivity index is 0.979. The van der Waals surface area contributed by atoms with Gasteiger partial charge in [0.15, 0.2) is 0 Å². The number of aromatic amines is 2. The maximum absolute atomic E-state index is 14.9. The summed E-state index contributed by atoms with van der Waals surface area (Å²) in [5, 5.41) is 0.154. The summed E-state index contributed by atoms with van der Waals surface area (Å²) in [6, 6.07) is 20.2. The van der Waals surface area contributed by atoms with Crippen molar-refractivity contribution in [1.29, 1.82) is 0 Å². The Hall–Kier alpha value is -5.89. The summed E-state index contributed by atoms with van der Waals surface area (Å²) < 4.78 is 39.4. The molecule has 0 radical (unpaired) electrons. The summed E-state index contributed by atoms with van der Waals surface area (Å²) in [4.78, 5) is 70.6. The molecule has 0 aliphatic carbocycles. The Kier molecular flexibility index (Phi) is 11.1. The summed E-state index contributed by atoms with van der Waals surface area (Å²) in [5.41, 5.74) is 7.68. The average molecular weight is 839 g/mol. The zero-order chi connectivity index (χ0) is 42.5. The number of nitrogens with zero attached hydrogens (tertiary/aromatic N) is 4. The van der Waals surface area contributed by atoms with Gasteiger partial charge in [0.05, 0.1) is 69.2 Å². The van der Waals surface area contributed by atoms with E-state index in [9.17, 15) is 28.0 Å². The number of hydrogen-bond donors (Lipinski definition) is 2. The highest BCUT2D eigenvalue weighted by Gasteiger charge is 2.50. The molecule has 60 heavy (non-hydrogen) atoms. The van der Waals surface area contributed by atoms with E-state index in [1.807, 2.05) is 71.6 Å². The number of aryl methyl sites for hydroxylation is 1. The van der Waals surface area contributed by atoms with Crippen molar-refractivity contribution < 1.29 is 37.4 Å². The third-order valence-electron chi connectivity index (χ3n) is 12.0. The molecular weight excluding hydrogens is 794 g/mol. The summed E-state index contributed by atoms with van der Waals surface area (Å²) in [6.07, 6.45) is 2.83. The van der Waals surface area contributed by atoms with Crippen molar-refractivity contribution in [2.75, 3.05) is 25.7 Å². The molecule has 2 amide bonds. The van der Waals surface area contributed by atoms with Crippen LogP contribution in [0.4, 0.5) is 14.5 Å². The van der Waals surface area contributed by atoms with E-state index in [4.69, 9.17) is 26.1 Å². The second-order valence-electron chi connectivity index (χ2n) is 16.2. The van der Waals surface area contributed by atoms with Gasteiger partial charge < -0.3 is 29.2 Å². The molecule has 8 rings (SSSR count). The SMILES string of the molecule is COC(=O)C[C@H]1CCc2cccc3c2N(C1=O)[C@H](c1ncc(-c2ccc(-c4ccc(-c5nc([C@@H]6CC(F)(F)CN6C(=O)[C@@H](CC(=O)OC)C(C)C)[nH]c5Cl)cc4)cc2)[nH]1)C3. The number of esters is 2. The number of ether oxygens (including phenoxy) is 2. The largest absolute Gasteiger partial charge is 0.469 e. The van der Waals surface area contributed by atoms with Crippen LogP contribution < -0.4 is 4.90 Å². The molecule has 5 heterocycles. The van der Waals surface area contributed by atoms with Gasteiger partial charge in [0.1, 0.15) is 22.5 Å². The minimum atomic E-state index is -3.15. The Bertz CT molecular complexity index is 2450. The molecule has 5 aromatic rings. The number of amides is 2. The molecule has 12 nitrogen and oxygen atoms in total. The van der Waals surface area contributed by atoms with Crippen LogP contribution in [0.2, 0.25) is 5.15 Å². The standard InChI is InChI=1S/C45H45ClF2N6O6/c1-24(2)32(20-37(56)60-4)44(58)53-23-45(47,48)21-35(53)42-51-38(40(46)52-42)28-14-10-26(11-15-28)25-8-12-27(13-9-25)33-22-49-41(50-33)34-18-30-7-5-6-29-16-17-31(19-36(55)59-3)43(57)54(34)39(29)30/h5-15,22,24,31-32,34-35H,16-21,23H2,1-4H3,(H,49,50)(H,51,52)/t31-,32+,34+,35+/m1/s1. The lowest BCUT2D eigenvalue weighted by Crippen LogP contribution is -2.40. The van der Waals surface area contributed by atoms with Crippen LogP contribution in [0.5, 0.6) is 0 Å². The molecule has 0 unspecified atom stereocenters. The van der Waals surface area contributed by atoms with Crippen molar-refractivity contribution in [3.8, 4) is 33.6 Å². The van der Waals surface area contributed by atoms with Crippen LogP contribution in [-0.4, -0.2) is 75.3 Å². The maximum atomic E-state index is 14.9. The minimum Gasteiger partial charge on any atom is -0.469 e. The average Bonchev–Trinajstić information content (AvgIpc) is 4.03. The number of benzene rings is 3. The van der Waals surface area contributed by atoms with Crippen LogP contribution >= 0.6 is 11.6 Å². The van der Waals surface area contributed by atoms with Gasteiger partial charge in [0, 0.05) is 24.3 Å². The number of halogens is 3. The fourth-order valence-electron chi connectivity index (χ4n) is 8.79. The zero-order valence-electron chi connectivity index (χ0n) is 33.6. The van der Waals surface area contributed by atoms with Crippen LogP contribution in [0.15, 0.2) is 72.9 Å². The van der Waals surface area contributed by atoms with E-state index < -0.39 is 54.6 Å². The van der Waals surface area contributed by atoms with E-state index in [2.05, 4.69) is 15.0 Å². The summed E-state index contributed by atoms with van der Waals surface area (Å²) in [6.45, 7) is 2.74. The fourth-order valence-corrected chi connectivity index (χ4v) is 9.04. The topological polar surface area (TPSA) is 151 Å². The van der Waals surface area contributed by atoms with Crippen LogP contribution in [0, 0.1) is 17.8 Å². The van der Waals surface area contributed by atoms with Crippen molar-refractivity contribution in [3.05, 3.63) is 101 Å². The van der Waals surface area contributed by atoms with Crippen molar-refractivity contribution in [2.24, 2.45) is 17.8 Å². The number of imidazole rings is 2. The lowest BCUT2D eigenvalue weighted by molar-refractivity contribution is -0.149. The normalized spacial score (nSPS) is 19.9. The third-order valence-corrected chi connectivity index (χ3v) is 12.3. The predicted octanol–water partition coefficient (Wildman–Crippen LogP) is 8.29. The number of H-pyrrole nitrogens is 2. The smallest absolute Gasteiger partial charge is 0.306 e. The number of rotatable bonds is 11. The van der Waals surface area contributed by atoms with Gasteiger partial charge in [-0.3, -0.25) is 19.2 Å². The number of likely N-dealkylation sites (tertiary alicyclic amines) is 1. The molecule has 312 valence electrons. The number of alkyl halides is 2. The number of para-hydroxylation sites is 1. The first-order valence-corrected chi connectivity index (χ1v) is 20.4. The molecule has 1 fully saturated rings. The Morgan fingerprint density at radius 2 is 1.53 bits per heavy atom. The molecule has 2 N–H and O–H groups in total. The summed E-state index contributed by atoms with van der Waals surface area (Å²) in [7, 11) is 2.56. The highest BCUT2D eigenvalue weighted by Crippen LogP contribution is 2.46. The highest BCUT2D eigenvalue weighted by molar-refractivity contribution is 6.32. The van der Waals surface area contributed by atoms with Crippen LogP contribution in [0.3, 0.4) is 0 Å². The predicted molar refractivity (Wildman–Crippen MR) is 220 cm³/mol. The number of methoxy groups -OCH3 is 2. The minimum absolute atomic E-state index is 0.0328. The van der Waals surface area contributed by atoms with Gasteiger partial charge in [-0.1, -0.05) is 92.2 Å². The first-order chi connectivity index (χ1) is 28.7. The van der Waals surface area contributed by atoms with Crippen molar-refractivity contribution >= 4 is 41.0 Å². The van der Waals surface area contributed by atoms with Crippen LogP contribution in [-0.2, 0) is 41.5 Å². The fraction of sp³-hybridized carbons (Fsp3) is 0.378. The van der Waals surface area contributed by atoms with Crippen LogP contribution in [0.25, 0.3) is 33.6 Å². The Labute approximate surface area is 350 Å². The lowest BCUT2D eigenvalue weighted by atomic mass is 9.91. The first kappa shape index (κ1) is 40.9. The molecule has 3 aliphatic rings. The lowest BCUT2D eigenvalue weighted by Gasteiger charge is -2.28. The second-order valence-corrected chi connectivity index (χ2v) is 16.5. The van der Waals surface area contributed by atoms with Gasteiger partial charge in [-0.05, 0) is 46.6 Å². The van der Waals surface area contributed by atoms with E-state index in [-0.39, 0.29) is 41.7 Å². The van der Waals surface area contributed by atoms with Crippen LogP contribution in [0.1, 0.15) is 74.4 Å². The van der Waals surface area contributed by atoms with Gasteiger partial charge in [-0.25, -0.2) is 18.7 Å². The highest BCUT2D eigenvalue weighted by atomic mass is 35.5. The van der Waals surface area contributed by atoms with Crippen molar-refractivity contribution in [2.45, 2.75) is 70.4 Å². The zero-order valence-corrected chi connectivity index (χ0v) is 34.4. The monoisotopic (exact) mass is 838 g/mol. The second kappa shape index (κ2) is 16.3. The number of carbonyl (C=O) groups excluding carboxylic acids is 4. The first-order valence-electron chi connectivity index (χ1n) is 20.0. The quantitative estimate of drug-likeness (QED) is 0.126. The van der Waals surface area contributed by atoms with Gasteiger partial charge >= 0.3 is 11.9 Å². The number of aromatic nitrogens is 4. The number of carbonyl (C=O) groups is 4. The van der Waals surface area contributed by atoms with Gasteiger partial charge in [0.25, 0.3) is 5.92 Å². The van der Waals surface area contributed by atoms with E-state index in [0.717, 1.165) is 44.1 Å².